The zero-order chi connectivity index (χ0) is 21.1. The molecule has 4 rings (SSSR count). The molecule has 0 bridgehead atoms. The molecule has 0 unspecified atom stereocenters. The third-order valence-corrected chi connectivity index (χ3v) is 5.01. The summed E-state index contributed by atoms with van der Waals surface area (Å²) in [6, 6.07) is 21.2. The van der Waals surface area contributed by atoms with Crippen LogP contribution in [0.2, 0.25) is 0 Å². The summed E-state index contributed by atoms with van der Waals surface area (Å²) in [6.45, 7) is 5.69. The van der Waals surface area contributed by atoms with Crippen LogP contribution in [0.1, 0.15) is 18.1 Å². The number of fused-ring (bicyclic) bond motifs is 1. The second-order valence-corrected chi connectivity index (χ2v) is 7.28. The van der Waals surface area contributed by atoms with Crippen molar-refractivity contribution < 1.29 is 9.53 Å². The SMILES string of the molecule is Cc1cccc(C)c1NC(=O)[C@@H](C)Oc1ccc(-c2cnc3ccccc3n2)cc1. The van der Waals surface area contributed by atoms with Crippen molar-refractivity contribution in [2.24, 2.45) is 0 Å². The summed E-state index contributed by atoms with van der Waals surface area (Å²) in [5.74, 6) is 0.438. The Kier molecular flexibility index (Phi) is 5.44. The smallest absolute Gasteiger partial charge is 0.265 e. The highest BCUT2D eigenvalue weighted by atomic mass is 16.5. The predicted molar refractivity (Wildman–Crippen MR) is 120 cm³/mol. The summed E-state index contributed by atoms with van der Waals surface area (Å²) < 4.78 is 5.84. The molecule has 5 nitrogen and oxygen atoms in total. The van der Waals surface area contributed by atoms with Crippen LogP contribution in [-0.4, -0.2) is 22.0 Å². The van der Waals surface area contributed by atoms with Crippen molar-refractivity contribution in [2.75, 3.05) is 5.32 Å². The highest BCUT2D eigenvalue weighted by Crippen LogP contribution is 2.24. The van der Waals surface area contributed by atoms with Crippen molar-refractivity contribution in [3.63, 3.8) is 0 Å². The molecule has 0 aliphatic rings. The van der Waals surface area contributed by atoms with Crippen LogP contribution in [0.15, 0.2) is 72.9 Å². The summed E-state index contributed by atoms with van der Waals surface area (Å²) in [7, 11) is 0. The van der Waals surface area contributed by atoms with E-state index in [9.17, 15) is 4.79 Å². The third kappa shape index (κ3) is 4.15. The van der Waals surface area contributed by atoms with E-state index in [1.807, 2.05) is 80.6 Å². The molecule has 1 amide bonds. The molecule has 3 aromatic carbocycles. The summed E-state index contributed by atoms with van der Waals surface area (Å²) in [4.78, 5) is 21.7. The van der Waals surface area contributed by atoms with Gasteiger partial charge in [0.05, 0.1) is 22.9 Å². The fourth-order valence-electron chi connectivity index (χ4n) is 3.29. The van der Waals surface area contributed by atoms with Gasteiger partial charge in [0.15, 0.2) is 6.10 Å². The molecule has 30 heavy (non-hydrogen) atoms. The maximum absolute atomic E-state index is 12.6. The quantitative estimate of drug-likeness (QED) is 0.495. The first kappa shape index (κ1) is 19.6. The number of nitrogens with one attached hydrogen (secondary N) is 1. The minimum atomic E-state index is -0.629. The van der Waals surface area contributed by atoms with E-state index in [1.165, 1.54) is 0 Å². The summed E-state index contributed by atoms with van der Waals surface area (Å²) in [6.07, 6.45) is 1.13. The van der Waals surface area contributed by atoms with E-state index < -0.39 is 6.10 Å². The Morgan fingerprint density at radius 1 is 0.900 bits per heavy atom. The summed E-state index contributed by atoms with van der Waals surface area (Å²) in [5, 5.41) is 2.97. The van der Waals surface area contributed by atoms with Gasteiger partial charge in [-0.05, 0) is 68.3 Å². The molecule has 1 atom stereocenters. The van der Waals surface area contributed by atoms with E-state index in [0.717, 1.165) is 39.1 Å². The maximum atomic E-state index is 12.6. The molecule has 4 aromatic rings. The normalized spacial score (nSPS) is 11.8. The van der Waals surface area contributed by atoms with E-state index in [-0.39, 0.29) is 5.91 Å². The maximum Gasteiger partial charge on any atom is 0.265 e. The van der Waals surface area contributed by atoms with Crippen molar-refractivity contribution in [3.8, 4) is 17.0 Å². The van der Waals surface area contributed by atoms with Crippen molar-refractivity contribution in [1.82, 2.24) is 9.97 Å². The van der Waals surface area contributed by atoms with E-state index in [1.54, 1.807) is 13.1 Å². The van der Waals surface area contributed by atoms with Crippen molar-refractivity contribution in [2.45, 2.75) is 26.9 Å². The van der Waals surface area contributed by atoms with Crippen LogP contribution >= 0.6 is 0 Å². The van der Waals surface area contributed by atoms with Crippen LogP contribution in [-0.2, 0) is 4.79 Å². The van der Waals surface area contributed by atoms with Gasteiger partial charge in [-0.2, -0.15) is 0 Å². The summed E-state index contributed by atoms with van der Waals surface area (Å²) >= 11 is 0. The molecule has 1 aromatic heterocycles. The van der Waals surface area contributed by atoms with Crippen molar-refractivity contribution in [1.29, 1.82) is 0 Å². The van der Waals surface area contributed by atoms with Crippen LogP contribution in [0.25, 0.3) is 22.3 Å². The molecule has 0 spiro atoms. The number of hydrogen-bond donors (Lipinski definition) is 1. The number of rotatable bonds is 5. The lowest BCUT2D eigenvalue weighted by molar-refractivity contribution is -0.122. The largest absolute Gasteiger partial charge is 0.481 e. The molecule has 0 saturated heterocycles. The van der Waals surface area contributed by atoms with Gasteiger partial charge >= 0.3 is 0 Å². The van der Waals surface area contributed by atoms with Gasteiger partial charge in [0.1, 0.15) is 5.75 Å². The number of aryl methyl sites for hydroxylation is 2. The summed E-state index contributed by atoms with van der Waals surface area (Å²) in [5.41, 5.74) is 6.34. The molecule has 1 N–H and O–H groups in total. The Morgan fingerprint density at radius 2 is 1.57 bits per heavy atom. The van der Waals surface area contributed by atoms with Gasteiger partial charge in [-0.25, -0.2) is 4.98 Å². The minimum absolute atomic E-state index is 0.183. The van der Waals surface area contributed by atoms with Crippen LogP contribution in [0.4, 0.5) is 5.69 Å². The fraction of sp³-hybridized carbons (Fsp3) is 0.160. The highest BCUT2D eigenvalue weighted by Gasteiger charge is 2.17. The predicted octanol–water partition coefficient (Wildman–Crippen LogP) is 5.32. The van der Waals surface area contributed by atoms with Crippen LogP contribution in [0.5, 0.6) is 5.75 Å². The Morgan fingerprint density at radius 3 is 2.27 bits per heavy atom. The number of amides is 1. The van der Waals surface area contributed by atoms with Gasteiger partial charge in [0.2, 0.25) is 0 Å². The fourth-order valence-corrected chi connectivity index (χ4v) is 3.29. The van der Waals surface area contributed by atoms with Gasteiger partial charge < -0.3 is 10.1 Å². The molecular weight excluding hydrogens is 374 g/mol. The lowest BCUT2D eigenvalue weighted by atomic mass is 10.1. The lowest BCUT2D eigenvalue weighted by Crippen LogP contribution is -2.30. The van der Waals surface area contributed by atoms with Crippen molar-refractivity contribution >= 4 is 22.6 Å². The van der Waals surface area contributed by atoms with E-state index in [2.05, 4.69) is 15.3 Å². The second-order valence-electron chi connectivity index (χ2n) is 7.28. The average Bonchev–Trinajstić information content (AvgIpc) is 2.76. The molecule has 0 saturated carbocycles. The van der Waals surface area contributed by atoms with Gasteiger partial charge in [-0.3, -0.25) is 9.78 Å². The number of anilines is 1. The number of carbonyl (C=O) groups is 1. The van der Waals surface area contributed by atoms with Crippen LogP contribution < -0.4 is 10.1 Å². The van der Waals surface area contributed by atoms with Crippen LogP contribution in [0, 0.1) is 13.8 Å². The molecule has 0 fully saturated rings. The number of carbonyl (C=O) groups excluding carboxylic acids is 1. The van der Waals surface area contributed by atoms with Gasteiger partial charge in [-0.15, -0.1) is 0 Å². The van der Waals surface area contributed by atoms with Gasteiger partial charge in [0.25, 0.3) is 5.91 Å². The minimum Gasteiger partial charge on any atom is -0.481 e. The zero-order valence-corrected chi connectivity index (χ0v) is 17.2. The lowest BCUT2D eigenvalue weighted by Gasteiger charge is -2.17. The molecule has 5 heteroatoms. The molecule has 1 heterocycles. The number of aromatic nitrogens is 2. The van der Waals surface area contributed by atoms with Gasteiger partial charge in [-0.1, -0.05) is 30.3 Å². The van der Waals surface area contributed by atoms with E-state index >= 15 is 0 Å². The van der Waals surface area contributed by atoms with Crippen molar-refractivity contribution in [3.05, 3.63) is 84.1 Å². The Balaban J connectivity index is 1.45. The second kappa shape index (κ2) is 8.33. The first-order valence-electron chi connectivity index (χ1n) is 9.87. The number of para-hydroxylation sites is 3. The number of nitrogens with zero attached hydrogens (tertiary/aromatic N) is 2. The molecule has 150 valence electrons. The highest BCUT2D eigenvalue weighted by molar-refractivity contribution is 5.95. The molecular formula is C25H23N3O2. The number of ether oxygens (including phenoxy) is 1. The first-order valence-corrected chi connectivity index (χ1v) is 9.87. The monoisotopic (exact) mass is 397 g/mol. The third-order valence-electron chi connectivity index (χ3n) is 5.01. The Bertz CT molecular complexity index is 1180. The number of benzene rings is 3. The first-order chi connectivity index (χ1) is 14.5. The zero-order valence-electron chi connectivity index (χ0n) is 17.2. The molecule has 0 radical (unpaired) electrons. The average molecular weight is 397 g/mol. The Hall–Kier alpha value is -3.73. The Labute approximate surface area is 175 Å². The molecule has 0 aliphatic heterocycles. The topological polar surface area (TPSA) is 64.1 Å². The van der Waals surface area contributed by atoms with Gasteiger partial charge in [0, 0.05) is 11.3 Å². The van der Waals surface area contributed by atoms with E-state index in [0.29, 0.717) is 5.75 Å². The van der Waals surface area contributed by atoms with E-state index in [4.69, 9.17) is 4.74 Å². The number of hydrogen-bond acceptors (Lipinski definition) is 4. The standard InChI is InChI=1S/C25H23N3O2/c1-16-7-6-8-17(2)24(16)28-25(29)18(3)30-20-13-11-19(12-14-20)23-15-26-21-9-4-5-10-22(21)27-23/h4-15,18H,1-3H3,(H,28,29)/t18-/m1/s1. The van der Waals surface area contributed by atoms with Crippen LogP contribution in [0.3, 0.4) is 0 Å². The molecule has 0 aliphatic carbocycles.